The highest BCUT2D eigenvalue weighted by atomic mass is 16.6. The van der Waals surface area contributed by atoms with Gasteiger partial charge in [0.05, 0.1) is 6.61 Å². The van der Waals surface area contributed by atoms with E-state index in [1.807, 2.05) is 0 Å². The number of carbonyl (C=O) groups excluding carboxylic acids is 1. The number of hydrogen-bond donors (Lipinski definition) is 0. The Morgan fingerprint density at radius 2 is 1.93 bits per heavy atom. The standard InChI is InChI=1S/C12H24O3/c1-4-5-9-15-12(13)10-14-8-6-7-11(2)3/h11H,4-10H2,1-3H3. The molecule has 0 saturated carbocycles. The molecule has 0 heterocycles. The maximum atomic E-state index is 11.1. The van der Waals surface area contributed by atoms with Crippen LogP contribution in [-0.4, -0.2) is 25.8 Å². The van der Waals surface area contributed by atoms with Gasteiger partial charge in [0.15, 0.2) is 0 Å². The molecule has 0 aromatic heterocycles. The van der Waals surface area contributed by atoms with Crippen molar-refractivity contribution in [1.82, 2.24) is 0 Å². The second kappa shape index (κ2) is 9.97. The van der Waals surface area contributed by atoms with E-state index in [0.29, 0.717) is 19.1 Å². The summed E-state index contributed by atoms with van der Waals surface area (Å²) < 4.78 is 10.1. The average molecular weight is 216 g/mol. The number of hydrogen-bond acceptors (Lipinski definition) is 3. The van der Waals surface area contributed by atoms with Gasteiger partial charge in [0.2, 0.25) is 0 Å². The van der Waals surface area contributed by atoms with Gasteiger partial charge in [0.1, 0.15) is 6.61 Å². The maximum Gasteiger partial charge on any atom is 0.332 e. The van der Waals surface area contributed by atoms with Gasteiger partial charge in [-0.15, -0.1) is 0 Å². The van der Waals surface area contributed by atoms with Crippen LogP contribution in [0.25, 0.3) is 0 Å². The molecule has 90 valence electrons. The minimum Gasteiger partial charge on any atom is -0.464 e. The summed E-state index contributed by atoms with van der Waals surface area (Å²) in [7, 11) is 0. The lowest BCUT2D eigenvalue weighted by molar-refractivity contribution is -0.149. The van der Waals surface area contributed by atoms with Crippen LogP contribution in [0.5, 0.6) is 0 Å². The van der Waals surface area contributed by atoms with Crippen LogP contribution in [0.1, 0.15) is 46.5 Å². The van der Waals surface area contributed by atoms with E-state index in [4.69, 9.17) is 9.47 Å². The number of unbranched alkanes of at least 4 members (excludes halogenated alkanes) is 1. The first-order valence-electron chi connectivity index (χ1n) is 5.90. The van der Waals surface area contributed by atoms with Crippen LogP contribution in [0.15, 0.2) is 0 Å². The molecule has 0 atom stereocenters. The lowest BCUT2D eigenvalue weighted by Gasteiger charge is -2.06. The normalized spacial score (nSPS) is 10.7. The summed E-state index contributed by atoms with van der Waals surface area (Å²) in [5.74, 6) is 0.457. The van der Waals surface area contributed by atoms with Crippen molar-refractivity contribution < 1.29 is 14.3 Å². The Morgan fingerprint density at radius 1 is 1.20 bits per heavy atom. The van der Waals surface area contributed by atoms with E-state index < -0.39 is 0 Å². The highest BCUT2D eigenvalue weighted by Gasteiger charge is 2.02. The fraction of sp³-hybridized carbons (Fsp3) is 0.917. The van der Waals surface area contributed by atoms with E-state index in [1.165, 1.54) is 0 Å². The zero-order valence-electron chi connectivity index (χ0n) is 10.3. The second-order valence-corrected chi connectivity index (χ2v) is 4.16. The molecule has 0 bridgehead atoms. The van der Waals surface area contributed by atoms with Gasteiger partial charge in [-0.2, -0.15) is 0 Å². The second-order valence-electron chi connectivity index (χ2n) is 4.16. The van der Waals surface area contributed by atoms with Crippen molar-refractivity contribution in [1.29, 1.82) is 0 Å². The molecule has 0 unspecified atom stereocenters. The summed E-state index contributed by atoms with van der Waals surface area (Å²) >= 11 is 0. The van der Waals surface area contributed by atoms with Crippen LogP contribution in [0, 0.1) is 5.92 Å². The SMILES string of the molecule is CCCCOC(=O)COCCCC(C)C. The molecule has 0 N–H and O–H groups in total. The lowest BCUT2D eigenvalue weighted by Crippen LogP contribution is -2.14. The molecule has 0 aromatic carbocycles. The summed E-state index contributed by atoms with van der Waals surface area (Å²) in [6.07, 6.45) is 4.13. The number of ether oxygens (including phenoxy) is 2. The van der Waals surface area contributed by atoms with Crippen molar-refractivity contribution in [2.24, 2.45) is 5.92 Å². The first kappa shape index (κ1) is 14.4. The van der Waals surface area contributed by atoms with Gasteiger partial charge in [0, 0.05) is 6.61 Å². The number of esters is 1. The maximum absolute atomic E-state index is 11.1. The fourth-order valence-corrected chi connectivity index (χ4v) is 1.12. The molecular formula is C12H24O3. The molecule has 0 amide bonds. The largest absolute Gasteiger partial charge is 0.464 e. The van der Waals surface area contributed by atoms with E-state index >= 15 is 0 Å². The van der Waals surface area contributed by atoms with Gasteiger partial charge in [0.25, 0.3) is 0 Å². The lowest BCUT2D eigenvalue weighted by atomic mass is 10.1. The molecule has 0 saturated heterocycles. The van der Waals surface area contributed by atoms with Crippen LogP contribution in [0.4, 0.5) is 0 Å². The first-order chi connectivity index (χ1) is 7.16. The van der Waals surface area contributed by atoms with Crippen LogP contribution >= 0.6 is 0 Å². The Hall–Kier alpha value is -0.570. The fourth-order valence-electron chi connectivity index (χ4n) is 1.12. The third kappa shape index (κ3) is 11.4. The Balaban J connectivity index is 3.17. The van der Waals surface area contributed by atoms with Gasteiger partial charge < -0.3 is 9.47 Å². The van der Waals surface area contributed by atoms with Gasteiger partial charge >= 0.3 is 5.97 Å². The molecule has 0 rings (SSSR count). The summed E-state index contributed by atoms with van der Waals surface area (Å²) in [5.41, 5.74) is 0. The summed E-state index contributed by atoms with van der Waals surface area (Å²) in [4.78, 5) is 11.1. The van der Waals surface area contributed by atoms with Gasteiger partial charge in [-0.1, -0.05) is 27.2 Å². The monoisotopic (exact) mass is 216 g/mol. The zero-order valence-corrected chi connectivity index (χ0v) is 10.3. The Labute approximate surface area is 93.1 Å². The Kier molecular flexibility index (Phi) is 9.59. The van der Waals surface area contributed by atoms with Crippen molar-refractivity contribution in [3.05, 3.63) is 0 Å². The van der Waals surface area contributed by atoms with Crippen LogP contribution in [-0.2, 0) is 14.3 Å². The van der Waals surface area contributed by atoms with E-state index in [0.717, 1.165) is 25.7 Å². The van der Waals surface area contributed by atoms with E-state index in [-0.39, 0.29) is 12.6 Å². The molecule has 3 nitrogen and oxygen atoms in total. The topological polar surface area (TPSA) is 35.5 Å². The number of rotatable bonds is 9. The van der Waals surface area contributed by atoms with Crippen LogP contribution < -0.4 is 0 Å². The van der Waals surface area contributed by atoms with Gasteiger partial charge in [-0.05, 0) is 25.2 Å². The molecule has 15 heavy (non-hydrogen) atoms. The minimum absolute atomic E-state index is 0.0990. The summed E-state index contributed by atoms with van der Waals surface area (Å²) in [5, 5.41) is 0. The van der Waals surface area contributed by atoms with Crippen molar-refractivity contribution >= 4 is 5.97 Å². The van der Waals surface area contributed by atoms with Crippen molar-refractivity contribution in [3.63, 3.8) is 0 Å². The van der Waals surface area contributed by atoms with Gasteiger partial charge in [-0.25, -0.2) is 4.79 Å². The quantitative estimate of drug-likeness (QED) is 0.439. The number of carbonyl (C=O) groups is 1. The molecule has 0 aliphatic carbocycles. The highest BCUT2D eigenvalue weighted by molar-refractivity contribution is 5.70. The third-order valence-electron chi connectivity index (χ3n) is 2.05. The molecule has 0 aliphatic heterocycles. The van der Waals surface area contributed by atoms with Gasteiger partial charge in [-0.3, -0.25) is 0 Å². The summed E-state index contributed by atoms with van der Waals surface area (Å²) in [6, 6.07) is 0. The van der Waals surface area contributed by atoms with Crippen LogP contribution in [0.2, 0.25) is 0 Å². The molecule has 3 heteroatoms. The van der Waals surface area contributed by atoms with E-state index in [2.05, 4.69) is 20.8 Å². The summed E-state index contributed by atoms with van der Waals surface area (Å²) in [6.45, 7) is 7.70. The Morgan fingerprint density at radius 3 is 2.53 bits per heavy atom. The molecule has 0 aliphatic rings. The first-order valence-corrected chi connectivity index (χ1v) is 5.90. The van der Waals surface area contributed by atoms with Crippen molar-refractivity contribution in [3.8, 4) is 0 Å². The van der Waals surface area contributed by atoms with Crippen molar-refractivity contribution in [2.45, 2.75) is 46.5 Å². The molecule has 0 fully saturated rings. The Bertz CT molecular complexity index is 155. The molecule has 0 aromatic rings. The van der Waals surface area contributed by atoms with Crippen molar-refractivity contribution in [2.75, 3.05) is 19.8 Å². The average Bonchev–Trinajstić information content (AvgIpc) is 2.17. The third-order valence-corrected chi connectivity index (χ3v) is 2.05. The smallest absolute Gasteiger partial charge is 0.332 e. The highest BCUT2D eigenvalue weighted by Crippen LogP contribution is 2.02. The predicted octanol–water partition coefficient (Wildman–Crippen LogP) is 2.78. The molecular weight excluding hydrogens is 192 g/mol. The van der Waals surface area contributed by atoms with Crippen LogP contribution in [0.3, 0.4) is 0 Å². The van der Waals surface area contributed by atoms with E-state index in [9.17, 15) is 4.79 Å². The predicted molar refractivity (Wildman–Crippen MR) is 60.8 cm³/mol. The molecule has 0 radical (unpaired) electrons. The zero-order chi connectivity index (χ0) is 11.5. The minimum atomic E-state index is -0.243. The van der Waals surface area contributed by atoms with E-state index in [1.54, 1.807) is 0 Å². The molecule has 0 spiro atoms.